The van der Waals surface area contributed by atoms with Gasteiger partial charge in [-0.1, -0.05) is 37.3 Å². The standard InChI is InChI=1S/C23H27N5O2S/c1-2-8-26-9-10-27(22(29)15-28-17-24-16-25-28)14-20(23(26)30)13-18-5-3-6-19(12-18)21-7-4-11-31-21/h3-7,11-12,16-17,20H,2,8-10,13-15H2,1H3/t20-/m0/s1. The molecule has 2 aromatic heterocycles. The van der Waals surface area contributed by atoms with Crippen LogP contribution in [0.15, 0.2) is 54.4 Å². The predicted molar refractivity (Wildman–Crippen MR) is 120 cm³/mol. The summed E-state index contributed by atoms with van der Waals surface area (Å²) in [4.78, 5) is 35.0. The molecule has 31 heavy (non-hydrogen) atoms. The Hall–Kier alpha value is -3.00. The number of carbonyl (C=O) groups is 2. The average Bonchev–Trinajstić information content (AvgIpc) is 3.46. The zero-order chi connectivity index (χ0) is 21.6. The van der Waals surface area contributed by atoms with Gasteiger partial charge in [0.2, 0.25) is 11.8 Å². The van der Waals surface area contributed by atoms with Crippen molar-refractivity contribution in [2.75, 3.05) is 26.2 Å². The molecule has 0 saturated carbocycles. The zero-order valence-electron chi connectivity index (χ0n) is 17.7. The summed E-state index contributed by atoms with van der Waals surface area (Å²) in [5.74, 6) is -0.152. The molecule has 3 heterocycles. The number of hydrogen-bond acceptors (Lipinski definition) is 5. The highest BCUT2D eigenvalue weighted by molar-refractivity contribution is 7.13. The number of carbonyl (C=O) groups excluding carboxylic acids is 2. The van der Waals surface area contributed by atoms with E-state index in [1.165, 1.54) is 22.2 Å². The third kappa shape index (κ3) is 5.19. The van der Waals surface area contributed by atoms with Gasteiger partial charge in [-0.05, 0) is 35.4 Å². The van der Waals surface area contributed by atoms with Crippen LogP contribution in [0.4, 0.5) is 0 Å². The smallest absolute Gasteiger partial charge is 0.244 e. The van der Waals surface area contributed by atoms with Gasteiger partial charge < -0.3 is 9.80 Å². The lowest BCUT2D eigenvalue weighted by Crippen LogP contribution is -2.39. The van der Waals surface area contributed by atoms with E-state index in [2.05, 4.69) is 46.7 Å². The van der Waals surface area contributed by atoms with Crippen LogP contribution in [0.3, 0.4) is 0 Å². The Kier molecular flexibility index (Phi) is 6.76. The van der Waals surface area contributed by atoms with Crippen molar-refractivity contribution in [2.24, 2.45) is 5.92 Å². The maximum atomic E-state index is 13.3. The van der Waals surface area contributed by atoms with E-state index in [0.29, 0.717) is 26.1 Å². The van der Waals surface area contributed by atoms with E-state index in [4.69, 9.17) is 0 Å². The minimum Gasteiger partial charge on any atom is -0.341 e. The van der Waals surface area contributed by atoms with Gasteiger partial charge in [-0.25, -0.2) is 9.67 Å². The van der Waals surface area contributed by atoms with Crippen LogP contribution in [0.25, 0.3) is 10.4 Å². The van der Waals surface area contributed by atoms with Crippen molar-refractivity contribution < 1.29 is 9.59 Å². The third-order valence-corrected chi connectivity index (χ3v) is 6.49. The van der Waals surface area contributed by atoms with Crippen molar-refractivity contribution >= 4 is 23.2 Å². The Morgan fingerprint density at radius 3 is 2.87 bits per heavy atom. The second-order valence-electron chi connectivity index (χ2n) is 7.84. The van der Waals surface area contributed by atoms with Crippen LogP contribution in [-0.4, -0.2) is 62.6 Å². The number of amides is 2. The van der Waals surface area contributed by atoms with Gasteiger partial charge in [0, 0.05) is 31.1 Å². The summed E-state index contributed by atoms with van der Waals surface area (Å²) < 4.78 is 1.53. The summed E-state index contributed by atoms with van der Waals surface area (Å²) in [7, 11) is 0. The third-order valence-electron chi connectivity index (χ3n) is 5.57. The fourth-order valence-electron chi connectivity index (χ4n) is 4.05. The first kappa shape index (κ1) is 21.2. The molecule has 0 spiro atoms. The van der Waals surface area contributed by atoms with Gasteiger partial charge in [-0.3, -0.25) is 9.59 Å². The summed E-state index contributed by atoms with van der Waals surface area (Å²) in [5.41, 5.74) is 2.28. The van der Waals surface area contributed by atoms with Gasteiger partial charge in [0.15, 0.2) is 0 Å². The molecular formula is C23H27N5O2S. The summed E-state index contributed by atoms with van der Waals surface area (Å²) in [5, 5.41) is 6.10. The van der Waals surface area contributed by atoms with Crippen LogP contribution in [0.5, 0.6) is 0 Å². The number of hydrogen-bond donors (Lipinski definition) is 0. The molecule has 8 heteroatoms. The number of benzene rings is 1. The van der Waals surface area contributed by atoms with Gasteiger partial charge in [0.25, 0.3) is 0 Å². The van der Waals surface area contributed by atoms with Crippen LogP contribution in [0.1, 0.15) is 18.9 Å². The van der Waals surface area contributed by atoms with E-state index < -0.39 is 0 Å². The second-order valence-corrected chi connectivity index (χ2v) is 8.78. The van der Waals surface area contributed by atoms with Crippen LogP contribution >= 0.6 is 11.3 Å². The van der Waals surface area contributed by atoms with Gasteiger partial charge >= 0.3 is 0 Å². The molecule has 2 amide bonds. The van der Waals surface area contributed by atoms with Crippen molar-refractivity contribution in [3.63, 3.8) is 0 Å². The van der Waals surface area contributed by atoms with Crippen molar-refractivity contribution in [3.05, 3.63) is 60.0 Å². The quantitative estimate of drug-likeness (QED) is 0.570. The maximum Gasteiger partial charge on any atom is 0.244 e. The highest BCUT2D eigenvalue weighted by atomic mass is 32.1. The molecule has 1 aliphatic rings. The maximum absolute atomic E-state index is 13.3. The average molecular weight is 438 g/mol. The Balaban J connectivity index is 1.53. The van der Waals surface area contributed by atoms with Gasteiger partial charge in [-0.15, -0.1) is 11.3 Å². The fraction of sp³-hybridized carbons (Fsp3) is 0.391. The fourth-order valence-corrected chi connectivity index (χ4v) is 4.77. The lowest BCUT2D eigenvalue weighted by Gasteiger charge is -2.24. The van der Waals surface area contributed by atoms with E-state index in [1.54, 1.807) is 11.3 Å². The lowest BCUT2D eigenvalue weighted by atomic mass is 9.96. The molecule has 0 unspecified atom stereocenters. The van der Waals surface area contributed by atoms with Gasteiger partial charge in [0.1, 0.15) is 19.2 Å². The molecule has 1 saturated heterocycles. The number of rotatable bonds is 7. The number of aromatic nitrogens is 3. The van der Waals surface area contributed by atoms with E-state index in [-0.39, 0.29) is 24.3 Å². The normalized spacial score (nSPS) is 17.1. The molecule has 1 fully saturated rings. The summed E-state index contributed by atoms with van der Waals surface area (Å²) >= 11 is 1.71. The molecule has 3 aromatic rings. The van der Waals surface area contributed by atoms with E-state index in [1.807, 2.05) is 21.9 Å². The molecule has 0 aliphatic carbocycles. The van der Waals surface area contributed by atoms with E-state index >= 15 is 0 Å². The molecule has 0 radical (unpaired) electrons. The molecule has 1 aliphatic heterocycles. The van der Waals surface area contributed by atoms with Crippen LogP contribution in [0.2, 0.25) is 0 Å². The largest absolute Gasteiger partial charge is 0.341 e. The summed E-state index contributed by atoms with van der Waals surface area (Å²) in [6.45, 7) is 4.48. The number of nitrogens with zero attached hydrogens (tertiary/aromatic N) is 5. The predicted octanol–water partition coefficient (Wildman–Crippen LogP) is 2.95. The molecular weight excluding hydrogens is 410 g/mol. The van der Waals surface area contributed by atoms with Crippen molar-refractivity contribution in [3.8, 4) is 10.4 Å². The van der Waals surface area contributed by atoms with E-state index in [0.717, 1.165) is 24.1 Å². The van der Waals surface area contributed by atoms with Crippen LogP contribution < -0.4 is 0 Å². The highest BCUT2D eigenvalue weighted by Crippen LogP contribution is 2.27. The van der Waals surface area contributed by atoms with Gasteiger partial charge in [0.05, 0.1) is 5.92 Å². The van der Waals surface area contributed by atoms with Crippen molar-refractivity contribution in [1.82, 2.24) is 24.6 Å². The Bertz CT molecular complexity index is 1000. The van der Waals surface area contributed by atoms with Crippen molar-refractivity contribution in [2.45, 2.75) is 26.3 Å². The molecule has 4 rings (SSSR count). The van der Waals surface area contributed by atoms with Gasteiger partial charge in [-0.2, -0.15) is 5.10 Å². The highest BCUT2D eigenvalue weighted by Gasteiger charge is 2.32. The molecule has 7 nitrogen and oxygen atoms in total. The summed E-state index contributed by atoms with van der Waals surface area (Å²) in [6.07, 6.45) is 4.48. The minimum absolute atomic E-state index is 0.0333. The topological polar surface area (TPSA) is 71.3 Å². The lowest BCUT2D eigenvalue weighted by molar-refractivity contribution is -0.135. The SMILES string of the molecule is CCCN1CCN(C(=O)Cn2cncn2)C[C@H](Cc2cccc(-c3cccs3)c2)C1=O. The minimum atomic E-state index is -0.257. The molecule has 1 aromatic carbocycles. The monoisotopic (exact) mass is 437 g/mol. The molecule has 1 atom stereocenters. The first-order chi connectivity index (χ1) is 15.1. The van der Waals surface area contributed by atoms with Crippen LogP contribution in [-0.2, 0) is 22.6 Å². The Labute approximate surface area is 186 Å². The summed E-state index contributed by atoms with van der Waals surface area (Å²) in [6, 6.07) is 12.5. The Morgan fingerprint density at radius 2 is 2.13 bits per heavy atom. The second kappa shape index (κ2) is 9.87. The first-order valence-electron chi connectivity index (χ1n) is 10.7. The first-order valence-corrected chi connectivity index (χ1v) is 11.5. The van der Waals surface area contributed by atoms with Crippen LogP contribution in [0, 0.1) is 5.92 Å². The molecule has 0 N–H and O–H groups in total. The molecule has 162 valence electrons. The van der Waals surface area contributed by atoms with E-state index in [9.17, 15) is 9.59 Å². The zero-order valence-corrected chi connectivity index (χ0v) is 18.5. The Morgan fingerprint density at radius 1 is 1.23 bits per heavy atom. The van der Waals surface area contributed by atoms with Crippen molar-refractivity contribution in [1.29, 1.82) is 0 Å². The molecule has 0 bridgehead atoms. The number of thiophene rings is 1.